The highest BCUT2D eigenvalue weighted by Crippen LogP contribution is 2.25. The van der Waals surface area contributed by atoms with Gasteiger partial charge < -0.3 is 5.73 Å². The summed E-state index contributed by atoms with van der Waals surface area (Å²) in [5.74, 6) is 0.772. The third-order valence-corrected chi connectivity index (χ3v) is 4.28. The van der Waals surface area contributed by atoms with Crippen molar-refractivity contribution in [1.29, 1.82) is 0 Å². The Morgan fingerprint density at radius 3 is 2.25 bits per heavy atom. The molecule has 2 N–H and O–H groups in total. The second-order valence-corrected chi connectivity index (χ2v) is 6.69. The van der Waals surface area contributed by atoms with Crippen molar-refractivity contribution >= 4 is 34.0 Å². The first kappa shape index (κ1) is 14.0. The van der Waals surface area contributed by atoms with Crippen LogP contribution in [0.3, 0.4) is 0 Å². The molecular formula is C11H15Cl2NOS. The molecule has 5 heteroatoms. The van der Waals surface area contributed by atoms with Gasteiger partial charge in [-0.1, -0.05) is 29.3 Å². The summed E-state index contributed by atoms with van der Waals surface area (Å²) in [7, 11) is -1.05. The lowest BCUT2D eigenvalue weighted by Crippen LogP contribution is -2.38. The minimum absolute atomic E-state index is 0.346. The summed E-state index contributed by atoms with van der Waals surface area (Å²) in [6, 6.07) is 5.26. The third-order valence-electron chi connectivity index (χ3n) is 1.90. The first-order valence-corrected chi connectivity index (χ1v) is 7.11. The smallest absolute Gasteiger partial charge is 0.0515 e. The van der Waals surface area contributed by atoms with Crippen LogP contribution in [-0.4, -0.2) is 15.5 Å². The van der Waals surface area contributed by atoms with E-state index < -0.39 is 16.3 Å². The first-order valence-electron chi connectivity index (χ1n) is 4.86. The van der Waals surface area contributed by atoms with Gasteiger partial charge >= 0.3 is 0 Å². The molecule has 0 aromatic heterocycles. The topological polar surface area (TPSA) is 43.1 Å². The van der Waals surface area contributed by atoms with Gasteiger partial charge in [0.2, 0.25) is 0 Å². The zero-order chi connectivity index (χ0) is 12.3. The molecular weight excluding hydrogens is 265 g/mol. The summed E-state index contributed by atoms with van der Waals surface area (Å²) in [4.78, 5) is 0. The molecule has 0 aliphatic carbocycles. The monoisotopic (exact) mass is 279 g/mol. The number of nitrogens with two attached hydrogens (primary N) is 1. The van der Waals surface area contributed by atoms with Crippen LogP contribution in [0.1, 0.15) is 19.4 Å². The van der Waals surface area contributed by atoms with Crippen LogP contribution in [0.5, 0.6) is 0 Å². The second kappa shape index (κ2) is 5.50. The lowest BCUT2D eigenvalue weighted by Gasteiger charge is -2.18. The lowest BCUT2D eigenvalue weighted by molar-refractivity contribution is 0.577. The van der Waals surface area contributed by atoms with E-state index in [1.54, 1.807) is 18.2 Å². The van der Waals surface area contributed by atoms with Crippen LogP contribution in [0.2, 0.25) is 10.0 Å². The van der Waals surface area contributed by atoms with Crippen molar-refractivity contribution < 1.29 is 4.21 Å². The van der Waals surface area contributed by atoms with E-state index in [4.69, 9.17) is 28.9 Å². The van der Waals surface area contributed by atoms with E-state index in [2.05, 4.69) is 0 Å². The van der Waals surface area contributed by atoms with Crippen LogP contribution in [0.25, 0.3) is 0 Å². The Morgan fingerprint density at radius 2 is 1.81 bits per heavy atom. The lowest BCUT2D eigenvalue weighted by atomic mass is 10.1. The van der Waals surface area contributed by atoms with E-state index in [-0.39, 0.29) is 0 Å². The molecule has 1 rings (SSSR count). The molecule has 0 heterocycles. The summed E-state index contributed by atoms with van der Waals surface area (Å²) in [5.41, 5.74) is 6.09. The highest BCUT2D eigenvalue weighted by atomic mass is 35.5. The van der Waals surface area contributed by atoms with Crippen molar-refractivity contribution in [3.05, 3.63) is 33.8 Å². The van der Waals surface area contributed by atoms with Crippen LogP contribution in [0, 0.1) is 0 Å². The van der Waals surface area contributed by atoms with Gasteiger partial charge in [-0.2, -0.15) is 0 Å². The maximum absolute atomic E-state index is 11.8. The average molecular weight is 280 g/mol. The fourth-order valence-corrected chi connectivity index (χ4v) is 3.55. The fourth-order valence-electron chi connectivity index (χ4n) is 1.30. The molecule has 1 unspecified atom stereocenters. The third kappa shape index (κ3) is 4.42. The highest BCUT2D eigenvalue weighted by Gasteiger charge is 2.17. The summed E-state index contributed by atoms with van der Waals surface area (Å²) in [5, 5.41) is 1.10. The van der Waals surface area contributed by atoms with E-state index in [1.807, 2.05) is 13.8 Å². The van der Waals surface area contributed by atoms with Gasteiger partial charge in [0, 0.05) is 37.7 Å². The van der Waals surface area contributed by atoms with Crippen molar-refractivity contribution in [3.8, 4) is 0 Å². The van der Waals surface area contributed by atoms with Crippen molar-refractivity contribution in [1.82, 2.24) is 0 Å². The maximum atomic E-state index is 11.8. The molecule has 0 aliphatic heterocycles. The molecule has 16 heavy (non-hydrogen) atoms. The Bertz CT molecular complexity index is 381. The van der Waals surface area contributed by atoms with Crippen LogP contribution in [0.4, 0.5) is 0 Å². The molecule has 0 radical (unpaired) electrons. The Balaban J connectivity index is 2.78. The predicted octanol–water partition coefficient (Wildman–Crippen LogP) is 2.98. The van der Waals surface area contributed by atoms with Crippen LogP contribution in [-0.2, 0) is 16.6 Å². The minimum Gasteiger partial charge on any atom is -0.325 e. The van der Waals surface area contributed by atoms with Crippen LogP contribution in [0.15, 0.2) is 18.2 Å². The standard InChI is InChI=1S/C11H15Cl2NOS/c1-11(2,14)7-16(15)6-8-9(12)4-3-5-10(8)13/h3-5H,6-7,14H2,1-2H3. The molecule has 1 atom stereocenters. The molecule has 0 spiro atoms. The SMILES string of the molecule is CC(C)(N)CS(=O)Cc1c(Cl)cccc1Cl. The van der Waals surface area contributed by atoms with Gasteiger partial charge in [0.25, 0.3) is 0 Å². The van der Waals surface area contributed by atoms with Crippen molar-refractivity contribution in [2.24, 2.45) is 5.73 Å². The summed E-state index contributed by atoms with van der Waals surface area (Å²) in [6.07, 6.45) is 0. The average Bonchev–Trinajstić information content (AvgIpc) is 2.08. The number of benzene rings is 1. The second-order valence-electron chi connectivity index (χ2n) is 4.42. The number of rotatable bonds is 4. The van der Waals surface area contributed by atoms with Crippen molar-refractivity contribution in [2.75, 3.05) is 5.75 Å². The van der Waals surface area contributed by atoms with E-state index in [0.717, 1.165) is 5.56 Å². The van der Waals surface area contributed by atoms with Crippen LogP contribution < -0.4 is 5.73 Å². The first-order chi connectivity index (χ1) is 7.29. The Hall–Kier alpha value is -0.0900. The fraction of sp³-hybridized carbons (Fsp3) is 0.455. The number of halogens is 2. The van der Waals surface area contributed by atoms with E-state index in [9.17, 15) is 4.21 Å². The van der Waals surface area contributed by atoms with Gasteiger partial charge in [-0.3, -0.25) is 4.21 Å². The van der Waals surface area contributed by atoms with Gasteiger partial charge in [-0.15, -0.1) is 0 Å². The van der Waals surface area contributed by atoms with E-state index in [1.165, 1.54) is 0 Å². The van der Waals surface area contributed by atoms with Gasteiger partial charge in [0.1, 0.15) is 0 Å². The molecule has 0 bridgehead atoms. The maximum Gasteiger partial charge on any atom is 0.0515 e. The number of hydrogen-bond acceptors (Lipinski definition) is 2. The van der Waals surface area contributed by atoms with Gasteiger partial charge in [-0.25, -0.2) is 0 Å². The number of hydrogen-bond donors (Lipinski definition) is 1. The predicted molar refractivity (Wildman–Crippen MR) is 71.4 cm³/mol. The molecule has 2 nitrogen and oxygen atoms in total. The van der Waals surface area contributed by atoms with Gasteiger partial charge in [0.05, 0.1) is 5.75 Å². The molecule has 1 aromatic rings. The molecule has 1 aromatic carbocycles. The molecule has 0 fully saturated rings. The summed E-state index contributed by atoms with van der Waals surface area (Å²) in [6.45, 7) is 3.69. The Morgan fingerprint density at radius 1 is 1.31 bits per heavy atom. The van der Waals surface area contributed by atoms with Crippen LogP contribution >= 0.6 is 23.2 Å². The molecule has 0 amide bonds. The quantitative estimate of drug-likeness (QED) is 0.921. The molecule has 0 saturated carbocycles. The normalized spacial score (nSPS) is 13.8. The Kier molecular flexibility index (Phi) is 4.80. The molecule has 0 aliphatic rings. The Labute approximate surface area is 109 Å². The molecule has 0 saturated heterocycles. The van der Waals surface area contributed by atoms with E-state index >= 15 is 0 Å². The zero-order valence-corrected chi connectivity index (χ0v) is 11.6. The van der Waals surface area contributed by atoms with Crippen molar-refractivity contribution in [2.45, 2.75) is 25.1 Å². The summed E-state index contributed by atoms with van der Waals surface area (Å²) >= 11 is 12.0. The van der Waals surface area contributed by atoms with Crippen molar-refractivity contribution in [3.63, 3.8) is 0 Å². The highest BCUT2D eigenvalue weighted by molar-refractivity contribution is 7.84. The van der Waals surface area contributed by atoms with Gasteiger partial charge in [0.15, 0.2) is 0 Å². The van der Waals surface area contributed by atoms with E-state index in [0.29, 0.717) is 21.6 Å². The van der Waals surface area contributed by atoms with Gasteiger partial charge in [-0.05, 0) is 26.0 Å². The summed E-state index contributed by atoms with van der Waals surface area (Å²) < 4.78 is 11.8. The largest absolute Gasteiger partial charge is 0.325 e. The minimum atomic E-state index is -1.05. The molecule has 90 valence electrons. The zero-order valence-electron chi connectivity index (χ0n) is 9.30.